The minimum absolute atomic E-state index is 0.0555. The fraction of sp³-hybridized carbons (Fsp3) is 0.0952. The smallest absolute Gasteiger partial charge is 0.193 e. The molecule has 2 aromatic heterocycles. The average Bonchev–Trinajstić information content (AvgIpc) is 2.69. The van der Waals surface area contributed by atoms with Crippen molar-refractivity contribution in [2.75, 3.05) is 0 Å². The molecule has 26 heavy (non-hydrogen) atoms. The maximum atomic E-state index is 13.4. The molecule has 0 aliphatic rings. The van der Waals surface area contributed by atoms with Crippen molar-refractivity contribution in [2.24, 2.45) is 0 Å². The Bertz CT molecular complexity index is 1120. The molecule has 2 heterocycles. The predicted molar refractivity (Wildman–Crippen MR) is 105 cm³/mol. The van der Waals surface area contributed by atoms with Gasteiger partial charge in [-0.25, -0.2) is 9.97 Å². The molecule has 2 aromatic carbocycles. The molecule has 1 N–H and O–H groups in total. The largest absolute Gasteiger partial charge is 0.353 e. The number of H-pyrrole nitrogens is 1. The van der Waals surface area contributed by atoms with Gasteiger partial charge in [0.1, 0.15) is 5.82 Å². The minimum Gasteiger partial charge on any atom is -0.353 e. The summed E-state index contributed by atoms with van der Waals surface area (Å²) in [5, 5.41) is 1.09. The first-order valence-electron chi connectivity index (χ1n) is 8.33. The second-order valence-electron chi connectivity index (χ2n) is 6.10. The lowest BCUT2D eigenvalue weighted by Gasteiger charge is -2.17. The number of fused-ring (bicyclic) bond motifs is 1. The first kappa shape index (κ1) is 16.5. The summed E-state index contributed by atoms with van der Waals surface area (Å²) in [7, 11) is 0. The summed E-state index contributed by atoms with van der Waals surface area (Å²) in [6.45, 7) is 1.95. The molecule has 5 heteroatoms. The molecule has 0 amide bonds. The Morgan fingerprint density at radius 3 is 2.42 bits per heavy atom. The van der Waals surface area contributed by atoms with Crippen LogP contribution in [0.5, 0.6) is 0 Å². The molecular weight excluding hydrogens is 346 g/mol. The van der Waals surface area contributed by atoms with Crippen molar-refractivity contribution in [3.8, 4) is 11.3 Å². The Labute approximate surface area is 155 Å². The van der Waals surface area contributed by atoms with Gasteiger partial charge in [-0.05, 0) is 23.8 Å². The molecule has 0 saturated heterocycles. The molecule has 0 spiro atoms. The van der Waals surface area contributed by atoms with Crippen LogP contribution in [-0.2, 0) is 0 Å². The van der Waals surface area contributed by atoms with Gasteiger partial charge in [0.05, 0.1) is 16.2 Å². The number of aromatic nitrogens is 3. The standard InChI is InChI=1S/C21H16ClN3O/c1-13(21-23-11-6-12-24-21)17-18(14-7-3-2-4-8-14)25-19-15(20(17)26)9-5-10-16(19)22/h2-13H,1H3,(H,25,26). The highest BCUT2D eigenvalue weighted by atomic mass is 35.5. The lowest BCUT2D eigenvalue weighted by atomic mass is 9.93. The maximum Gasteiger partial charge on any atom is 0.193 e. The van der Waals surface area contributed by atoms with E-state index in [4.69, 9.17) is 11.6 Å². The molecule has 0 radical (unpaired) electrons. The summed E-state index contributed by atoms with van der Waals surface area (Å²) in [5.41, 5.74) is 2.89. The third-order valence-corrected chi connectivity index (χ3v) is 4.81. The number of benzene rings is 2. The number of para-hydroxylation sites is 1. The average molecular weight is 362 g/mol. The third-order valence-electron chi connectivity index (χ3n) is 4.49. The van der Waals surface area contributed by atoms with Crippen LogP contribution in [0, 0.1) is 0 Å². The summed E-state index contributed by atoms with van der Waals surface area (Å²) < 4.78 is 0. The van der Waals surface area contributed by atoms with Crippen LogP contribution in [0.2, 0.25) is 5.02 Å². The number of halogens is 1. The highest BCUT2D eigenvalue weighted by Crippen LogP contribution is 2.31. The fourth-order valence-electron chi connectivity index (χ4n) is 3.20. The zero-order valence-electron chi connectivity index (χ0n) is 14.1. The number of nitrogens with one attached hydrogen (secondary N) is 1. The monoisotopic (exact) mass is 361 g/mol. The van der Waals surface area contributed by atoms with E-state index in [0.29, 0.717) is 27.3 Å². The van der Waals surface area contributed by atoms with Crippen molar-refractivity contribution in [3.05, 3.63) is 93.6 Å². The van der Waals surface area contributed by atoms with Gasteiger partial charge in [-0.1, -0.05) is 54.9 Å². The quantitative estimate of drug-likeness (QED) is 0.570. The topological polar surface area (TPSA) is 58.6 Å². The van der Waals surface area contributed by atoms with Crippen molar-refractivity contribution in [2.45, 2.75) is 12.8 Å². The van der Waals surface area contributed by atoms with Crippen LogP contribution in [-0.4, -0.2) is 15.0 Å². The van der Waals surface area contributed by atoms with Gasteiger partial charge in [0.15, 0.2) is 5.43 Å². The molecule has 0 bridgehead atoms. The van der Waals surface area contributed by atoms with Gasteiger partial charge in [-0.3, -0.25) is 4.79 Å². The molecule has 4 rings (SSSR count). The van der Waals surface area contributed by atoms with Crippen molar-refractivity contribution in [3.63, 3.8) is 0 Å². The minimum atomic E-state index is -0.265. The van der Waals surface area contributed by atoms with Crippen LogP contribution >= 0.6 is 11.6 Å². The number of nitrogens with zero attached hydrogens (tertiary/aromatic N) is 2. The summed E-state index contributed by atoms with van der Waals surface area (Å²) in [6, 6.07) is 16.9. The van der Waals surface area contributed by atoms with Gasteiger partial charge in [-0.15, -0.1) is 0 Å². The Balaban J connectivity index is 2.07. The van der Waals surface area contributed by atoms with Gasteiger partial charge < -0.3 is 4.98 Å². The number of hydrogen-bond donors (Lipinski definition) is 1. The van der Waals surface area contributed by atoms with Gasteiger partial charge in [0, 0.05) is 29.3 Å². The van der Waals surface area contributed by atoms with Crippen LogP contribution in [0.3, 0.4) is 0 Å². The molecule has 0 saturated carbocycles. The van der Waals surface area contributed by atoms with Gasteiger partial charge >= 0.3 is 0 Å². The third kappa shape index (κ3) is 2.78. The second kappa shape index (κ2) is 6.73. The lowest BCUT2D eigenvalue weighted by Crippen LogP contribution is -2.18. The molecular formula is C21H16ClN3O. The van der Waals surface area contributed by atoms with Crippen LogP contribution in [0.25, 0.3) is 22.2 Å². The van der Waals surface area contributed by atoms with E-state index in [1.807, 2.05) is 37.3 Å². The van der Waals surface area contributed by atoms with E-state index in [9.17, 15) is 4.79 Å². The Hall–Kier alpha value is -2.98. The van der Waals surface area contributed by atoms with Gasteiger partial charge in [0.2, 0.25) is 0 Å². The Kier molecular flexibility index (Phi) is 4.27. The number of hydrogen-bond acceptors (Lipinski definition) is 3. The van der Waals surface area contributed by atoms with Crippen LogP contribution in [0.1, 0.15) is 24.2 Å². The van der Waals surface area contributed by atoms with Crippen LogP contribution in [0.4, 0.5) is 0 Å². The van der Waals surface area contributed by atoms with Crippen molar-refractivity contribution in [1.29, 1.82) is 0 Å². The fourth-order valence-corrected chi connectivity index (χ4v) is 3.42. The highest BCUT2D eigenvalue weighted by Gasteiger charge is 2.22. The second-order valence-corrected chi connectivity index (χ2v) is 6.51. The van der Waals surface area contributed by atoms with Gasteiger partial charge in [-0.2, -0.15) is 0 Å². The molecule has 0 aliphatic carbocycles. The highest BCUT2D eigenvalue weighted by molar-refractivity contribution is 6.35. The predicted octanol–water partition coefficient (Wildman–Crippen LogP) is 4.79. The molecule has 1 unspecified atom stereocenters. The van der Waals surface area contributed by atoms with Gasteiger partial charge in [0.25, 0.3) is 0 Å². The zero-order valence-corrected chi connectivity index (χ0v) is 14.9. The summed E-state index contributed by atoms with van der Waals surface area (Å²) >= 11 is 6.34. The van der Waals surface area contributed by atoms with E-state index in [-0.39, 0.29) is 11.3 Å². The number of pyridine rings is 1. The first-order chi connectivity index (χ1) is 12.7. The van der Waals surface area contributed by atoms with E-state index in [2.05, 4.69) is 15.0 Å². The SMILES string of the molecule is CC(c1ncccn1)c1c(-c2ccccc2)[nH]c2c(Cl)cccc2c1=O. The Morgan fingerprint density at radius 1 is 0.962 bits per heavy atom. The lowest BCUT2D eigenvalue weighted by molar-refractivity contribution is 0.809. The Morgan fingerprint density at radius 2 is 1.69 bits per heavy atom. The van der Waals surface area contributed by atoms with Crippen molar-refractivity contribution < 1.29 is 0 Å². The van der Waals surface area contributed by atoms with E-state index >= 15 is 0 Å². The molecule has 1 atom stereocenters. The summed E-state index contributed by atoms with van der Waals surface area (Å²) in [4.78, 5) is 25.4. The van der Waals surface area contributed by atoms with E-state index in [1.165, 1.54) is 0 Å². The zero-order chi connectivity index (χ0) is 18.1. The first-order valence-corrected chi connectivity index (χ1v) is 8.71. The number of aromatic amines is 1. The van der Waals surface area contributed by atoms with E-state index in [0.717, 1.165) is 11.3 Å². The molecule has 128 valence electrons. The molecule has 4 aromatic rings. The normalized spacial score (nSPS) is 12.2. The summed E-state index contributed by atoms with van der Waals surface area (Å²) in [5.74, 6) is 0.343. The van der Waals surface area contributed by atoms with Crippen molar-refractivity contribution >= 4 is 22.5 Å². The van der Waals surface area contributed by atoms with Crippen LogP contribution in [0.15, 0.2) is 71.8 Å². The molecule has 0 fully saturated rings. The maximum absolute atomic E-state index is 13.4. The summed E-state index contributed by atoms with van der Waals surface area (Å²) in [6.07, 6.45) is 3.38. The van der Waals surface area contributed by atoms with E-state index < -0.39 is 0 Å². The van der Waals surface area contributed by atoms with Crippen molar-refractivity contribution in [1.82, 2.24) is 15.0 Å². The molecule has 0 aliphatic heterocycles. The number of rotatable bonds is 3. The van der Waals surface area contributed by atoms with Crippen LogP contribution < -0.4 is 5.43 Å². The van der Waals surface area contributed by atoms with E-state index in [1.54, 1.807) is 36.7 Å². The molecule has 4 nitrogen and oxygen atoms in total.